The van der Waals surface area contributed by atoms with Gasteiger partial charge in [0.1, 0.15) is 17.3 Å². The standard InChI is InChI=1S/C19H17FN2O4/c1-24-15-8-12(9-16(25-2)18(15)26-3)19-21-10-14(22-19)17(23)11-4-6-13(20)7-5-11/h4-10H,1-3H3,(H,21,22). The first kappa shape index (κ1) is 17.5. The van der Waals surface area contributed by atoms with Gasteiger partial charge in [0.2, 0.25) is 11.5 Å². The van der Waals surface area contributed by atoms with Crippen molar-refractivity contribution in [2.75, 3.05) is 21.3 Å². The zero-order valence-corrected chi connectivity index (χ0v) is 14.5. The number of methoxy groups -OCH3 is 3. The van der Waals surface area contributed by atoms with Crippen LogP contribution in [0.4, 0.5) is 4.39 Å². The van der Waals surface area contributed by atoms with Crippen LogP contribution in [0.3, 0.4) is 0 Å². The number of nitrogens with zero attached hydrogens (tertiary/aromatic N) is 1. The maximum Gasteiger partial charge on any atom is 0.210 e. The zero-order chi connectivity index (χ0) is 18.7. The van der Waals surface area contributed by atoms with Gasteiger partial charge in [-0.15, -0.1) is 0 Å². The maximum absolute atomic E-state index is 13.0. The van der Waals surface area contributed by atoms with E-state index in [0.29, 0.717) is 39.9 Å². The van der Waals surface area contributed by atoms with Crippen LogP contribution in [-0.4, -0.2) is 37.1 Å². The van der Waals surface area contributed by atoms with E-state index >= 15 is 0 Å². The summed E-state index contributed by atoms with van der Waals surface area (Å²) in [6, 6.07) is 8.79. The van der Waals surface area contributed by atoms with Crippen molar-refractivity contribution in [3.05, 3.63) is 59.7 Å². The van der Waals surface area contributed by atoms with Gasteiger partial charge in [-0.05, 0) is 36.4 Å². The summed E-state index contributed by atoms with van der Waals surface area (Å²) < 4.78 is 29.0. The van der Waals surface area contributed by atoms with Crippen LogP contribution in [0.1, 0.15) is 16.1 Å². The Bertz CT molecular complexity index is 910. The lowest BCUT2D eigenvalue weighted by Crippen LogP contribution is -2.01. The van der Waals surface area contributed by atoms with Crippen LogP contribution in [-0.2, 0) is 0 Å². The number of hydrogen-bond donors (Lipinski definition) is 1. The topological polar surface area (TPSA) is 73.4 Å². The van der Waals surface area contributed by atoms with Crippen molar-refractivity contribution in [1.82, 2.24) is 9.97 Å². The summed E-state index contributed by atoms with van der Waals surface area (Å²) in [4.78, 5) is 19.7. The fourth-order valence-corrected chi connectivity index (χ4v) is 2.56. The molecule has 3 rings (SSSR count). The van der Waals surface area contributed by atoms with Crippen molar-refractivity contribution in [3.8, 4) is 28.6 Å². The molecule has 6 nitrogen and oxygen atoms in total. The number of aromatic nitrogens is 2. The number of rotatable bonds is 6. The number of ketones is 1. The molecule has 0 saturated carbocycles. The van der Waals surface area contributed by atoms with Gasteiger partial charge in [-0.3, -0.25) is 4.79 Å². The van der Waals surface area contributed by atoms with E-state index in [-0.39, 0.29) is 5.78 Å². The Morgan fingerprint density at radius 2 is 1.62 bits per heavy atom. The van der Waals surface area contributed by atoms with Gasteiger partial charge in [-0.2, -0.15) is 0 Å². The molecule has 1 aromatic heterocycles. The molecule has 0 saturated heterocycles. The summed E-state index contributed by atoms with van der Waals surface area (Å²) in [5.41, 5.74) is 1.32. The molecule has 1 N–H and O–H groups in total. The number of nitrogens with one attached hydrogen (secondary N) is 1. The van der Waals surface area contributed by atoms with E-state index in [9.17, 15) is 9.18 Å². The predicted octanol–water partition coefficient (Wildman–Crippen LogP) is 3.47. The third kappa shape index (κ3) is 3.23. The summed E-state index contributed by atoms with van der Waals surface area (Å²) in [7, 11) is 4.56. The first-order valence-corrected chi connectivity index (χ1v) is 7.73. The Morgan fingerprint density at radius 1 is 1.00 bits per heavy atom. The van der Waals surface area contributed by atoms with Gasteiger partial charge in [0.15, 0.2) is 11.5 Å². The van der Waals surface area contributed by atoms with Crippen molar-refractivity contribution in [1.29, 1.82) is 0 Å². The highest BCUT2D eigenvalue weighted by atomic mass is 19.1. The molecular weight excluding hydrogens is 339 g/mol. The molecule has 134 valence electrons. The Balaban J connectivity index is 1.97. The van der Waals surface area contributed by atoms with Crippen molar-refractivity contribution in [3.63, 3.8) is 0 Å². The van der Waals surface area contributed by atoms with Gasteiger partial charge >= 0.3 is 0 Å². The summed E-state index contributed by atoms with van der Waals surface area (Å²) in [5, 5.41) is 0. The highest BCUT2D eigenvalue weighted by molar-refractivity contribution is 6.07. The molecule has 2 aromatic carbocycles. The van der Waals surface area contributed by atoms with Crippen molar-refractivity contribution in [2.24, 2.45) is 0 Å². The quantitative estimate of drug-likeness (QED) is 0.685. The second-order valence-electron chi connectivity index (χ2n) is 5.40. The van der Waals surface area contributed by atoms with E-state index in [1.165, 1.54) is 51.8 Å². The number of carbonyl (C=O) groups is 1. The van der Waals surface area contributed by atoms with Gasteiger partial charge in [0.05, 0.1) is 27.5 Å². The van der Waals surface area contributed by atoms with Crippen LogP contribution < -0.4 is 14.2 Å². The Morgan fingerprint density at radius 3 is 2.15 bits per heavy atom. The van der Waals surface area contributed by atoms with Crippen LogP contribution in [0.5, 0.6) is 17.2 Å². The van der Waals surface area contributed by atoms with Crippen LogP contribution >= 0.6 is 0 Å². The third-order valence-electron chi connectivity index (χ3n) is 3.87. The number of hydrogen-bond acceptors (Lipinski definition) is 5. The first-order chi connectivity index (χ1) is 12.6. The van der Waals surface area contributed by atoms with E-state index in [1.54, 1.807) is 12.1 Å². The Labute approximate surface area is 149 Å². The molecular formula is C19H17FN2O4. The average molecular weight is 356 g/mol. The molecule has 7 heteroatoms. The lowest BCUT2D eigenvalue weighted by molar-refractivity contribution is 0.103. The molecule has 0 aliphatic carbocycles. The van der Waals surface area contributed by atoms with Crippen molar-refractivity contribution in [2.45, 2.75) is 0 Å². The van der Waals surface area contributed by atoms with Crippen LogP contribution in [0.25, 0.3) is 11.4 Å². The average Bonchev–Trinajstić information content (AvgIpc) is 3.17. The number of aromatic amines is 1. The minimum absolute atomic E-state index is 0.281. The minimum Gasteiger partial charge on any atom is -0.493 e. The monoisotopic (exact) mass is 356 g/mol. The minimum atomic E-state index is -0.399. The Hall–Kier alpha value is -3.35. The number of imidazole rings is 1. The second kappa shape index (κ2) is 7.26. The fourth-order valence-electron chi connectivity index (χ4n) is 2.56. The van der Waals surface area contributed by atoms with Gasteiger partial charge in [0, 0.05) is 11.1 Å². The number of halogens is 1. The van der Waals surface area contributed by atoms with Crippen LogP contribution in [0.2, 0.25) is 0 Å². The molecule has 0 radical (unpaired) electrons. The highest BCUT2D eigenvalue weighted by Gasteiger charge is 2.17. The van der Waals surface area contributed by atoms with Gasteiger partial charge in [-0.1, -0.05) is 0 Å². The summed E-state index contributed by atoms with van der Waals surface area (Å²) in [6.07, 6.45) is 1.43. The molecule has 0 fully saturated rings. The molecule has 26 heavy (non-hydrogen) atoms. The van der Waals surface area contributed by atoms with Crippen molar-refractivity contribution < 1.29 is 23.4 Å². The normalized spacial score (nSPS) is 10.5. The number of H-pyrrole nitrogens is 1. The summed E-state index contributed by atoms with van der Waals surface area (Å²) in [5.74, 6) is 1.21. The number of carbonyl (C=O) groups excluding carboxylic acids is 1. The molecule has 0 spiro atoms. The summed E-state index contributed by atoms with van der Waals surface area (Å²) >= 11 is 0. The number of ether oxygens (including phenoxy) is 3. The first-order valence-electron chi connectivity index (χ1n) is 7.73. The maximum atomic E-state index is 13.0. The van der Waals surface area contributed by atoms with Gasteiger partial charge in [0.25, 0.3) is 0 Å². The Kier molecular flexibility index (Phi) is 4.88. The van der Waals surface area contributed by atoms with E-state index in [0.717, 1.165) is 0 Å². The van der Waals surface area contributed by atoms with Gasteiger partial charge in [-0.25, -0.2) is 9.37 Å². The smallest absolute Gasteiger partial charge is 0.210 e. The van der Waals surface area contributed by atoms with Crippen molar-refractivity contribution >= 4 is 5.78 Å². The lowest BCUT2D eigenvalue weighted by atomic mass is 10.1. The SMILES string of the molecule is COc1cc(-c2ncc(C(=O)c3ccc(F)cc3)[nH]2)cc(OC)c1OC. The van der Waals surface area contributed by atoms with E-state index in [4.69, 9.17) is 14.2 Å². The molecule has 0 unspecified atom stereocenters. The molecule has 0 aliphatic rings. The van der Waals surface area contributed by atoms with Crippen LogP contribution in [0.15, 0.2) is 42.6 Å². The molecule has 0 atom stereocenters. The largest absolute Gasteiger partial charge is 0.493 e. The van der Waals surface area contributed by atoms with E-state index < -0.39 is 5.82 Å². The van der Waals surface area contributed by atoms with E-state index in [2.05, 4.69) is 9.97 Å². The molecule has 1 heterocycles. The van der Waals surface area contributed by atoms with Crippen LogP contribution in [0, 0.1) is 5.82 Å². The molecule has 3 aromatic rings. The highest BCUT2D eigenvalue weighted by Crippen LogP contribution is 2.40. The zero-order valence-electron chi connectivity index (χ0n) is 14.5. The predicted molar refractivity (Wildman–Crippen MR) is 93.5 cm³/mol. The molecule has 0 amide bonds. The molecule has 0 bridgehead atoms. The third-order valence-corrected chi connectivity index (χ3v) is 3.87. The fraction of sp³-hybridized carbons (Fsp3) is 0.158. The summed E-state index contributed by atoms with van der Waals surface area (Å²) in [6.45, 7) is 0. The lowest BCUT2D eigenvalue weighted by Gasteiger charge is -2.13. The molecule has 0 aliphatic heterocycles. The number of benzene rings is 2. The van der Waals surface area contributed by atoms with Gasteiger partial charge < -0.3 is 19.2 Å². The van der Waals surface area contributed by atoms with E-state index in [1.807, 2.05) is 0 Å². The second-order valence-corrected chi connectivity index (χ2v) is 5.40.